The summed E-state index contributed by atoms with van der Waals surface area (Å²) in [5, 5.41) is 9.82. The number of amides is 1. The summed E-state index contributed by atoms with van der Waals surface area (Å²) >= 11 is 0. The Kier molecular flexibility index (Phi) is 4.44. The van der Waals surface area contributed by atoms with E-state index in [2.05, 4.69) is 0 Å². The topological polar surface area (TPSA) is 79.6 Å². The summed E-state index contributed by atoms with van der Waals surface area (Å²) in [5.41, 5.74) is 3.41. The molecule has 0 fully saturated rings. The number of ketones is 1. The van der Waals surface area contributed by atoms with Gasteiger partial charge in [0.2, 0.25) is 5.91 Å². The molecule has 0 saturated heterocycles. The van der Waals surface area contributed by atoms with Crippen LogP contribution in [0.1, 0.15) is 36.2 Å². The van der Waals surface area contributed by atoms with E-state index in [-0.39, 0.29) is 18.2 Å². The Morgan fingerprint density at radius 2 is 1.96 bits per heavy atom. The highest BCUT2D eigenvalue weighted by molar-refractivity contribution is 6.07. The number of nitrogens with zero attached hydrogens (tertiary/aromatic N) is 2. The van der Waals surface area contributed by atoms with Gasteiger partial charge in [0.15, 0.2) is 5.78 Å². The van der Waals surface area contributed by atoms with Crippen molar-refractivity contribution in [2.75, 3.05) is 13.1 Å². The first-order valence-corrected chi connectivity index (χ1v) is 8.17. The van der Waals surface area contributed by atoms with E-state index in [0.717, 1.165) is 28.5 Å². The molecule has 0 atom stereocenters. The summed E-state index contributed by atoms with van der Waals surface area (Å²) in [7, 11) is 0. The van der Waals surface area contributed by atoms with Gasteiger partial charge in [0, 0.05) is 42.7 Å². The summed E-state index contributed by atoms with van der Waals surface area (Å²) in [6, 6.07) is 5.75. The number of hydrogen-bond donors (Lipinski definition) is 1. The second-order valence-electron chi connectivity index (χ2n) is 6.30. The van der Waals surface area contributed by atoms with Crippen molar-refractivity contribution < 1.29 is 19.5 Å². The third-order valence-corrected chi connectivity index (χ3v) is 4.59. The van der Waals surface area contributed by atoms with Crippen LogP contribution < -0.4 is 0 Å². The molecule has 1 aromatic heterocycles. The average molecular weight is 340 g/mol. The predicted octanol–water partition coefficient (Wildman–Crippen LogP) is 2.56. The van der Waals surface area contributed by atoms with Crippen LogP contribution in [0.2, 0.25) is 0 Å². The molecule has 0 bridgehead atoms. The van der Waals surface area contributed by atoms with Crippen LogP contribution in [-0.2, 0) is 16.1 Å². The van der Waals surface area contributed by atoms with Crippen LogP contribution in [0.5, 0.6) is 0 Å². The summed E-state index contributed by atoms with van der Waals surface area (Å²) < 4.78 is 1.59. The first kappa shape index (κ1) is 17.0. The molecule has 25 heavy (non-hydrogen) atoms. The molecule has 3 rings (SSSR count). The fourth-order valence-electron chi connectivity index (χ4n) is 3.27. The summed E-state index contributed by atoms with van der Waals surface area (Å²) in [4.78, 5) is 36.2. The van der Waals surface area contributed by atoms with Gasteiger partial charge in [0.05, 0.1) is 0 Å². The molecule has 2 aromatic rings. The molecule has 1 aliphatic rings. The van der Waals surface area contributed by atoms with Crippen molar-refractivity contribution in [1.29, 1.82) is 0 Å². The van der Waals surface area contributed by atoms with E-state index in [1.807, 2.05) is 24.3 Å². The Morgan fingerprint density at radius 1 is 1.20 bits per heavy atom. The van der Waals surface area contributed by atoms with Gasteiger partial charge in [-0.2, -0.15) is 0 Å². The maximum Gasteiger partial charge on any atom is 0.323 e. The molecule has 6 heteroatoms. The van der Waals surface area contributed by atoms with Gasteiger partial charge in [0.25, 0.3) is 0 Å². The number of carbonyl (C=O) groups excluding carboxylic acids is 2. The van der Waals surface area contributed by atoms with Gasteiger partial charge in [-0.3, -0.25) is 14.4 Å². The quantitative estimate of drug-likeness (QED) is 0.868. The Hall–Kier alpha value is -2.89. The highest BCUT2D eigenvalue weighted by Crippen LogP contribution is 2.29. The molecule has 0 saturated carbocycles. The summed E-state index contributed by atoms with van der Waals surface area (Å²) in [5.74, 6) is -0.975. The second kappa shape index (κ2) is 6.55. The lowest BCUT2D eigenvalue weighted by atomic mass is 9.97. The standard InChI is InChI=1S/C19H20N2O4/c1-12(22)17-10-21(11-19(24)25)18-4-3-15(9-16(17)18)14-5-7-20(8-6-14)13(2)23/h3-5,9-10H,6-8,11H2,1-2H3,(H,24,25). The van der Waals surface area contributed by atoms with Gasteiger partial charge >= 0.3 is 5.97 Å². The summed E-state index contributed by atoms with van der Waals surface area (Å²) in [6.45, 7) is 4.13. The van der Waals surface area contributed by atoms with Gasteiger partial charge in [-0.05, 0) is 36.6 Å². The fraction of sp³-hybridized carbons (Fsp3) is 0.316. The molecule has 2 heterocycles. The van der Waals surface area contributed by atoms with E-state index in [0.29, 0.717) is 18.7 Å². The molecular weight excluding hydrogens is 320 g/mol. The number of fused-ring (bicyclic) bond motifs is 1. The minimum atomic E-state index is -0.949. The zero-order chi connectivity index (χ0) is 18.1. The highest BCUT2D eigenvalue weighted by Gasteiger charge is 2.18. The van der Waals surface area contributed by atoms with E-state index in [1.165, 1.54) is 6.92 Å². The van der Waals surface area contributed by atoms with E-state index >= 15 is 0 Å². The van der Waals surface area contributed by atoms with Crippen LogP contribution >= 0.6 is 0 Å². The minimum Gasteiger partial charge on any atom is -0.480 e. The second-order valence-corrected chi connectivity index (χ2v) is 6.30. The maximum atomic E-state index is 11.9. The van der Waals surface area contributed by atoms with Gasteiger partial charge in [0.1, 0.15) is 6.54 Å². The molecule has 1 aliphatic heterocycles. The number of aromatic nitrogens is 1. The van der Waals surface area contributed by atoms with E-state index in [4.69, 9.17) is 5.11 Å². The number of hydrogen-bond acceptors (Lipinski definition) is 3. The van der Waals surface area contributed by atoms with Crippen LogP contribution in [0.25, 0.3) is 16.5 Å². The van der Waals surface area contributed by atoms with Crippen LogP contribution in [0.4, 0.5) is 0 Å². The molecule has 0 aliphatic carbocycles. The van der Waals surface area contributed by atoms with Crippen LogP contribution in [0, 0.1) is 0 Å². The number of carboxylic acid groups (broad SMARTS) is 1. The van der Waals surface area contributed by atoms with Crippen molar-refractivity contribution in [2.45, 2.75) is 26.8 Å². The maximum absolute atomic E-state index is 11.9. The number of carboxylic acids is 1. The zero-order valence-corrected chi connectivity index (χ0v) is 14.3. The molecule has 0 unspecified atom stereocenters. The van der Waals surface area contributed by atoms with Crippen molar-refractivity contribution in [3.8, 4) is 0 Å². The molecule has 130 valence electrons. The largest absolute Gasteiger partial charge is 0.480 e. The van der Waals surface area contributed by atoms with Crippen molar-refractivity contribution in [2.24, 2.45) is 0 Å². The number of aliphatic carboxylic acids is 1. The Morgan fingerprint density at radius 3 is 2.52 bits per heavy atom. The molecule has 0 spiro atoms. The van der Waals surface area contributed by atoms with Crippen molar-refractivity contribution >= 4 is 34.1 Å². The number of carbonyl (C=O) groups is 3. The molecule has 1 aromatic carbocycles. The van der Waals surface area contributed by atoms with Gasteiger partial charge < -0.3 is 14.6 Å². The Balaban J connectivity index is 2.02. The lowest BCUT2D eigenvalue weighted by Gasteiger charge is -2.25. The van der Waals surface area contributed by atoms with E-state index in [1.54, 1.807) is 22.6 Å². The third kappa shape index (κ3) is 3.33. The Labute approximate surface area is 145 Å². The van der Waals surface area contributed by atoms with Gasteiger partial charge in [-0.1, -0.05) is 12.1 Å². The SMILES string of the molecule is CC(=O)c1cn(CC(=O)O)c2ccc(C3=CCN(C(C)=O)CC3)cc12. The van der Waals surface area contributed by atoms with E-state index < -0.39 is 5.97 Å². The van der Waals surface area contributed by atoms with Crippen molar-refractivity contribution in [3.05, 3.63) is 41.6 Å². The minimum absolute atomic E-state index is 0.0652. The van der Waals surface area contributed by atoms with Crippen molar-refractivity contribution in [1.82, 2.24) is 9.47 Å². The number of rotatable bonds is 4. The fourth-order valence-corrected chi connectivity index (χ4v) is 3.27. The smallest absolute Gasteiger partial charge is 0.323 e. The normalized spacial score (nSPS) is 14.5. The van der Waals surface area contributed by atoms with Gasteiger partial charge in [-0.15, -0.1) is 0 Å². The van der Waals surface area contributed by atoms with E-state index in [9.17, 15) is 14.4 Å². The Bertz CT molecular complexity index is 908. The molecule has 1 N–H and O–H groups in total. The average Bonchev–Trinajstić information content (AvgIpc) is 2.92. The first-order chi connectivity index (χ1) is 11.9. The third-order valence-electron chi connectivity index (χ3n) is 4.59. The van der Waals surface area contributed by atoms with Crippen LogP contribution in [-0.4, -0.2) is 45.3 Å². The number of Topliss-reactive ketones (excluding diaryl/α,β-unsaturated/α-hetero) is 1. The molecule has 1 amide bonds. The van der Waals surface area contributed by atoms with Gasteiger partial charge in [-0.25, -0.2) is 0 Å². The molecular formula is C19H20N2O4. The number of benzene rings is 1. The van der Waals surface area contributed by atoms with Crippen molar-refractivity contribution in [3.63, 3.8) is 0 Å². The monoisotopic (exact) mass is 340 g/mol. The first-order valence-electron chi connectivity index (χ1n) is 8.17. The van der Waals surface area contributed by atoms with Crippen LogP contribution in [0.3, 0.4) is 0 Å². The molecule has 0 radical (unpaired) electrons. The van der Waals surface area contributed by atoms with Crippen LogP contribution in [0.15, 0.2) is 30.5 Å². The zero-order valence-electron chi connectivity index (χ0n) is 14.3. The predicted molar refractivity (Wildman–Crippen MR) is 94.4 cm³/mol. The lowest BCUT2D eigenvalue weighted by molar-refractivity contribution is -0.137. The lowest BCUT2D eigenvalue weighted by Crippen LogP contribution is -2.32. The molecule has 6 nitrogen and oxygen atoms in total. The summed E-state index contributed by atoms with van der Waals surface area (Å²) in [6.07, 6.45) is 4.40. The highest BCUT2D eigenvalue weighted by atomic mass is 16.4.